The average molecular weight is 363 g/mol. The summed E-state index contributed by atoms with van der Waals surface area (Å²) in [6, 6.07) is 8.74. The minimum Gasteiger partial charge on any atom is -0.352 e. The number of anilines is 1. The third kappa shape index (κ3) is 5.03. The summed E-state index contributed by atoms with van der Waals surface area (Å²) in [5.41, 5.74) is 3.81. The lowest BCUT2D eigenvalue weighted by molar-refractivity contribution is 0.0955. The Balaban J connectivity index is 1.68. The van der Waals surface area contributed by atoms with Crippen LogP contribution in [0.3, 0.4) is 0 Å². The number of para-hydroxylation sites is 1. The van der Waals surface area contributed by atoms with E-state index in [0.29, 0.717) is 23.4 Å². The van der Waals surface area contributed by atoms with E-state index in [0.717, 1.165) is 24.8 Å². The van der Waals surface area contributed by atoms with Crippen molar-refractivity contribution in [2.45, 2.75) is 39.0 Å². The Morgan fingerprint density at radius 1 is 1.07 bits per heavy atom. The Morgan fingerprint density at radius 3 is 2.63 bits per heavy atom. The number of hydrogen-bond donors (Lipinski definition) is 2. The van der Waals surface area contributed by atoms with Crippen LogP contribution in [0.4, 0.5) is 5.69 Å². The smallest absolute Gasteiger partial charge is 0.255 e. The second-order valence-electron chi connectivity index (χ2n) is 6.80. The van der Waals surface area contributed by atoms with Crippen LogP contribution in [-0.2, 0) is 0 Å². The Labute approximate surface area is 159 Å². The second kappa shape index (κ2) is 9.12. The standard InChI is InChI=1S/C22H25N3O2/c1-16-6-5-9-19(20(16)25-21(26)18-11-13-23-14-12-18)22(27)24-15-10-17-7-3-2-4-8-17/h5-7,9,11-14H,2-4,8,10,15H2,1H3,(H,24,27)(H,25,26). The summed E-state index contributed by atoms with van der Waals surface area (Å²) >= 11 is 0. The number of benzene rings is 1. The number of allylic oxidation sites excluding steroid dienone is 1. The summed E-state index contributed by atoms with van der Waals surface area (Å²) < 4.78 is 0. The van der Waals surface area contributed by atoms with Crippen LogP contribution in [0.15, 0.2) is 54.4 Å². The predicted molar refractivity (Wildman–Crippen MR) is 107 cm³/mol. The normalized spacial score (nSPS) is 13.6. The molecule has 1 aromatic carbocycles. The van der Waals surface area contributed by atoms with Gasteiger partial charge in [-0.25, -0.2) is 0 Å². The SMILES string of the molecule is Cc1cccc(C(=O)NCCC2=CCCCC2)c1NC(=O)c1ccncc1. The number of hydrogen-bond acceptors (Lipinski definition) is 3. The fourth-order valence-electron chi connectivity index (χ4n) is 3.28. The second-order valence-corrected chi connectivity index (χ2v) is 6.80. The summed E-state index contributed by atoms with van der Waals surface area (Å²) in [6.07, 6.45) is 11.1. The minimum atomic E-state index is -0.256. The van der Waals surface area contributed by atoms with Gasteiger partial charge in [0.1, 0.15) is 0 Å². The highest BCUT2D eigenvalue weighted by molar-refractivity contribution is 6.09. The van der Waals surface area contributed by atoms with Crippen LogP contribution in [0.2, 0.25) is 0 Å². The molecule has 2 aromatic rings. The largest absolute Gasteiger partial charge is 0.352 e. The van der Waals surface area contributed by atoms with Crippen molar-refractivity contribution in [1.82, 2.24) is 10.3 Å². The Morgan fingerprint density at radius 2 is 1.89 bits per heavy atom. The first-order valence-electron chi connectivity index (χ1n) is 9.42. The summed E-state index contributed by atoms with van der Waals surface area (Å²) in [7, 11) is 0. The maximum Gasteiger partial charge on any atom is 0.255 e. The number of pyridine rings is 1. The zero-order valence-electron chi connectivity index (χ0n) is 15.6. The van der Waals surface area contributed by atoms with Crippen molar-refractivity contribution in [2.75, 3.05) is 11.9 Å². The highest BCUT2D eigenvalue weighted by Crippen LogP contribution is 2.22. The molecule has 0 atom stereocenters. The first-order valence-corrected chi connectivity index (χ1v) is 9.42. The maximum absolute atomic E-state index is 12.7. The van der Waals surface area contributed by atoms with Crippen LogP contribution in [0.25, 0.3) is 0 Å². The molecule has 2 amide bonds. The fraction of sp³-hybridized carbons (Fsp3) is 0.318. The van der Waals surface area contributed by atoms with Crippen LogP contribution < -0.4 is 10.6 Å². The monoisotopic (exact) mass is 363 g/mol. The fourth-order valence-corrected chi connectivity index (χ4v) is 3.28. The van der Waals surface area contributed by atoms with E-state index in [4.69, 9.17) is 0 Å². The molecule has 5 heteroatoms. The molecule has 140 valence electrons. The number of rotatable bonds is 6. The molecule has 1 aromatic heterocycles. The molecule has 1 aliphatic rings. The van der Waals surface area contributed by atoms with E-state index >= 15 is 0 Å². The van der Waals surface area contributed by atoms with Crippen LogP contribution in [0.1, 0.15) is 58.4 Å². The number of carbonyl (C=O) groups excluding carboxylic acids is 2. The van der Waals surface area contributed by atoms with Gasteiger partial charge in [-0.15, -0.1) is 0 Å². The molecule has 0 fully saturated rings. The Hall–Kier alpha value is -2.95. The van der Waals surface area contributed by atoms with Gasteiger partial charge in [-0.05, 0) is 62.8 Å². The van der Waals surface area contributed by atoms with Gasteiger partial charge < -0.3 is 10.6 Å². The molecule has 0 spiro atoms. The topological polar surface area (TPSA) is 71.1 Å². The van der Waals surface area contributed by atoms with Gasteiger partial charge in [0.25, 0.3) is 11.8 Å². The summed E-state index contributed by atoms with van der Waals surface area (Å²) in [6.45, 7) is 2.49. The summed E-state index contributed by atoms with van der Waals surface area (Å²) in [5.74, 6) is -0.423. The molecule has 2 N–H and O–H groups in total. The van der Waals surface area contributed by atoms with Crippen molar-refractivity contribution in [1.29, 1.82) is 0 Å². The van der Waals surface area contributed by atoms with Crippen molar-refractivity contribution in [2.24, 2.45) is 0 Å². The van der Waals surface area contributed by atoms with Crippen molar-refractivity contribution in [3.05, 3.63) is 71.1 Å². The maximum atomic E-state index is 12.7. The zero-order valence-corrected chi connectivity index (χ0v) is 15.6. The van der Waals surface area contributed by atoms with Gasteiger partial charge in [0.2, 0.25) is 0 Å². The lowest BCUT2D eigenvalue weighted by Gasteiger charge is -2.15. The van der Waals surface area contributed by atoms with E-state index in [1.807, 2.05) is 19.1 Å². The lowest BCUT2D eigenvalue weighted by atomic mass is 9.97. The van der Waals surface area contributed by atoms with Gasteiger partial charge in [0.05, 0.1) is 11.3 Å². The molecule has 0 saturated carbocycles. The third-order valence-corrected chi connectivity index (χ3v) is 4.82. The highest BCUT2D eigenvalue weighted by atomic mass is 16.2. The molecule has 0 radical (unpaired) electrons. The first-order chi connectivity index (χ1) is 13.1. The summed E-state index contributed by atoms with van der Waals surface area (Å²) in [5, 5.41) is 5.86. The molecular formula is C22H25N3O2. The van der Waals surface area contributed by atoms with Gasteiger partial charge >= 0.3 is 0 Å². The van der Waals surface area contributed by atoms with Crippen LogP contribution in [0.5, 0.6) is 0 Å². The average Bonchev–Trinajstić information content (AvgIpc) is 2.71. The quantitative estimate of drug-likeness (QED) is 0.753. The van der Waals surface area contributed by atoms with Gasteiger partial charge in [0.15, 0.2) is 0 Å². The van der Waals surface area contributed by atoms with Crippen molar-refractivity contribution in [3.8, 4) is 0 Å². The molecular weight excluding hydrogens is 338 g/mol. The highest BCUT2D eigenvalue weighted by Gasteiger charge is 2.16. The third-order valence-electron chi connectivity index (χ3n) is 4.82. The van der Waals surface area contributed by atoms with Gasteiger partial charge in [0, 0.05) is 24.5 Å². The number of aromatic nitrogens is 1. The number of amides is 2. The molecule has 0 saturated heterocycles. The van der Waals surface area contributed by atoms with E-state index < -0.39 is 0 Å². The Kier molecular flexibility index (Phi) is 6.36. The van der Waals surface area contributed by atoms with Crippen molar-refractivity contribution >= 4 is 17.5 Å². The predicted octanol–water partition coefficient (Wildman–Crippen LogP) is 4.26. The number of aryl methyl sites for hydroxylation is 1. The zero-order chi connectivity index (χ0) is 19.1. The van der Waals surface area contributed by atoms with E-state index in [9.17, 15) is 9.59 Å². The van der Waals surface area contributed by atoms with E-state index in [2.05, 4.69) is 21.7 Å². The Bertz CT molecular complexity index is 844. The number of carbonyl (C=O) groups is 2. The molecule has 0 aliphatic heterocycles. The number of nitrogens with zero attached hydrogens (tertiary/aromatic N) is 1. The lowest BCUT2D eigenvalue weighted by Crippen LogP contribution is -2.27. The summed E-state index contributed by atoms with van der Waals surface area (Å²) in [4.78, 5) is 29.1. The number of nitrogens with one attached hydrogen (secondary N) is 2. The molecule has 27 heavy (non-hydrogen) atoms. The van der Waals surface area contributed by atoms with Gasteiger partial charge in [-0.2, -0.15) is 0 Å². The van der Waals surface area contributed by atoms with Gasteiger partial charge in [-0.1, -0.05) is 23.8 Å². The van der Waals surface area contributed by atoms with Crippen LogP contribution in [0, 0.1) is 6.92 Å². The molecule has 1 heterocycles. The van der Waals surface area contributed by atoms with Crippen LogP contribution >= 0.6 is 0 Å². The van der Waals surface area contributed by atoms with E-state index in [1.165, 1.54) is 18.4 Å². The van der Waals surface area contributed by atoms with Crippen molar-refractivity contribution < 1.29 is 9.59 Å². The molecule has 1 aliphatic carbocycles. The van der Waals surface area contributed by atoms with E-state index in [1.54, 1.807) is 30.6 Å². The molecule has 5 nitrogen and oxygen atoms in total. The molecule has 0 bridgehead atoms. The van der Waals surface area contributed by atoms with Crippen molar-refractivity contribution in [3.63, 3.8) is 0 Å². The minimum absolute atomic E-state index is 0.167. The van der Waals surface area contributed by atoms with Gasteiger partial charge in [-0.3, -0.25) is 14.6 Å². The van der Waals surface area contributed by atoms with Crippen LogP contribution in [-0.4, -0.2) is 23.3 Å². The molecule has 3 rings (SSSR count). The first kappa shape index (κ1) is 18.8. The molecule has 0 unspecified atom stereocenters. The van der Waals surface area contributed by atoms with E-state index in [-0.39, 0.29) is 11.8 Å².